The number of methoxy groups -OCH3 is 1. The highest BCUT2D eigenvalue weighted by Gasteiger charge is 2.40. The fraction of sp³-hybridized carbons (Fsp3) is 0.500. The lowest BCUT2D eigenvalue weighted by Gasteiger charge is -2.37. The van der Waals surface area contributed by atoms with Crippen molar-refractivity contribution in [1.82, 2.24) is 35.1 Å². The average molecular weight is 920 g/mol. The van der Waals surface area contributed by atoms with E-state index < -0.39 is 53.9 Å². The number of carbonyl (C=O) groups is 5. The molecule has 0 radical (unpaired) electrons. The summed E-state index contributed by atoms with van der Waals surface area (Å²) in [4.78, 5) is 77.3. The number of hydrazine groups is 1. The molecule has 5 atom stereocenters. The lowest BCUT2D eigenvalue weighted by molar-refractivity contribution is -0.155. The highest BCUT2D eigenvalue weighted by atomic mass is 19.1. The van der Waals surface area contributed by atoms with Crippen LogP contribution in [0.4, 0.5) is 4.39 Å². The SMILES string of the molecule is C=CC(=O)N1CC[C@H](C(=O)N(C)[C@H](C(=O)N[C@H]2Cc3cc(CF)cc(c3)-c3ccc4c(c3)c(c(-c3cccnc3[C@H](C)OC)n4CC)CC(C)(C)COC(=O)[C@@H]3CCCN(N3)C2=O)C(C)C)C1. The number of ether oxygens (including phenoxy) is 2. The molecule has 2 aromatic carbocycles. The van der Waals surface area contributed by atoms with Gasteiger partial charge in [-0.3, -0.25) is 34.0 Å². The van der Waals surface area contributed by atoms with E-state index in [0.717, 1.165) is 44.5 Å². The Morgan fingerprint density at radius 1 is 1.09 bits per heavy atom. The second kappa shape index (κ2) is 20.5. The van der Waals surface area contributed by atoms with Gasteiger partial charge in [0.25, 0.3) is 5.91 Å². The molecule has 0 aliphatic carbocycles. The van der Waals surface area contributed by atoms with Gasteiger partial charge in [0.05, 0.1) is 30.0 Å². The highest BCUT2D eigenvalue weighted by molar-refractivity contribution is 5.96. The minimum atomic E-state index is -1.18. The summed E-state index contributed by atoms with van der Waals surface area (Å²) in [6, 6.07) is 12.7. The molecule has 0 unspecified atom stereocenters. The highest BCUT2D eigenvalue weighted by Crippen LogP contribution is 2.42. The average Bonchev–Trinajstić information content (AvgIpc) is 3.94. The summed E-state index contributed by atoms with van der Waals surface area (Å²) < 4.78 is 29.1. The number of cyclic esters (lactones) is 1. The van der Waals surface area contributed by atoms with Crippen LogP contribution in [0.2, 0.25) is 0 Å². The van der Waals surface area contributed by atoms with E-state index in [4.69, 9.17) is 14.5 Å². The fourth-order valence-corrected chi connectivity index (χ4v) is 10.1. The van der Waals surface area contributed by atoms with Gasteiger partial charge < -0.3 is 29.2 Å². The maximum absolute atomic E-state index is 14.9. The first-order valence-corrected chi connectivity index (χ1v) is 23.5. The number of carbonyl (C=O) groups excluding carboxylic acids is 5. The number of esters is 1. The van der Waals surface area contributed by atoms with Crippen LogP contribution in [0.1, 0.15) is 89.3 Å². The first kappa shape index (κ1) is 49.0. The van der Waals surface area contributed by atoms with Crippen LogP contribution in [0, 0.1) is 17.3 Å². The largest absolute Gasteiger partial charge is 0.464 e. The Morgan fingerprint density at radius 2 is 1.87 bits per heavy atom. The second-order valence-electron chi connectivity index (χ2n) is 19.4. The van der Waals surface area contributed by atoms with Crippen molar-refractivity contribution in [3.63, 3.8) is 0 Å². The zero-order valence-electron chi connectivity index (χ0n) is 40.2. The Hall–Kier alpha value is -5.93. The van der Waals surface area contributed by atoms with Crippen LogP contribution in [0.15, 0.2) is 67.4 Å². The number of pyridine rings is 1. The van der Waals surface area contributed by atoms with Gasteiger partial charge in [0.2, 0.25) is 17.7 Å². The Balaban J connectivity index is 1.33. The van der Waals surface area contributed by atoms with E-state index in [9.17, 15) is 28.4 Å². The van der Waals surface area contributed by atoms with E-state index in [0.29, 0.717) is 49.9 Å². The maximum atomic E-state index is 14.9. The van der Waals surface area contributed by atoms with Crippen molar-refractivity contribution in [2.75, 3.05) is 40.4 Å². The lowest BCUT2D eigenvalue weighted by Crippen LogP contribution is -2.62. The van der Waals surface area contributed by atoms with Crippen LogP contribution < -0.4 is 10.7 Å². The van der Waals surface area contributed by atoms with Gasteiger partial charge in [0.15, 0.2) is 0 Å². The third kappa shape index (κ3) is 10.3. The number of halogens is 1. The van der Waals surface area contributed by atoms with Crippen LogP contribution in [0.25, 0.3) is 33.3 Å². The summed E-state index contributed by atoms with van der Waals surface area (Å²) in [5.41, 5.74) is 9.94. The van der Waals surface area contributed by atoms with Crippen LogP contribution in [0.5, 0.6) is 0 Å². The number of fused-ring (bicyclic) bond motifs is 6. The number of hydrogen-bond acceptors (Lipinski definition) is 9. The van der Waals surface area contributed by atoms with Crippen molar-refractivity contribution in [2.24, 2.45) is 17.3 Å². The number of alkyl halides is 1. The minimum Gasteiger partial charge on any atom is -0.464 e. The molecule has 6 bridgehead atoms. The summed E-state index contributed by atoms with van der Waals surface area (Å²) in [7, 11) is 3.24. The quantitative estimate of drug-likeness (QED) is 0.123. The molecule has 0 saturated carbocycles. The minimum absolute atomic E-state index is 0.0120. The summed E-state index contributed by atoms with van der Waals surface area (Å²) >= 11 is 0. The number of likely N-dealkylation sites (tertiary alicyclic amines) is 1. The monoisotopic (exact) mass is 920 g/mol. The number of likely N-dealkylation sites (N-methyl/N-ethyl adjacent to an activating group) is 1. The number of nitrogens with one attached hydrogen (secondary N) is 2. The molecular formula is C52H66FN7O7. The Morgan fingerprint density at radius 3 is 2.57 bits per heavy atom. The zero-order valence-corrected chi connectivity index (χ0v) is 40.2. The van der Waals surface area contributed by atoms with Crippen molar-refractivity contribution < 1.29 is 37.8 Å². The lowest BCUT2D eigenvalue weighted by atomic mass is 9.84. The standard InChI is InChI=1S/C52H66FN7O7/c1-10-44(61)58-21-18-36(29-58)49(63)57(8)46(31(3)4)48(62)55-42-25-33-22-34(28-53)24-37(23-33)35-16-17-43-39(26-35)40(47(59(43)11-2)38-14-12-19-54-45(38)32(5)66-9)27-52(6,7)30-67-51(65)41-15-13-20-60(56-41)50(42)64/h10,12,14,16-17,19,22-24,26,31-32,36,41-42,46,56H,1,11,13,15,18,20-21,25,27-30H2,2-9H3,(H,55,62)/t32-,36-,41-,42-,46-/m0/s1. The molecule has 14 nitrogen and oxygen atoms in total. The predicted octanol–water partition coefficient (Wildman–Crippen LogP) is 6.73. The smallest absolute Gasteiger partial charge is 0.324 e. The Labute approximate surface area is 393 Å². The molecule has 3 aliphatic rings. The molecule has 15 heteroatoms. The van der Waals surface area contributed by atoms with E-state index in [-0.39, 0.29) is 50.0 Å². The third-order valence-electron chi connectivity index (χ3n) is 13.6. The van der Waals surface area contributed by atoms with Gasteiger partial charge in [0.1, 0.15) is 24.8 Å². The number of benzene rings is 2. The molecule has 2 fully saturated rings. The summed E-state index contributed by atoms with van der Waals surface area (Å²) in [5.74, 6) is -2.91. The first-order valence-electron chi connectivity index (χ1n) is 23.5. The van der Waals surface area contributed by atoms with Gasteiger partial charge in [-0.05, 0) is 110 Å². The number of aromatic nitrogens is 2. The molecule has 0 spiro atoms. The molecule has 67 heavy (non-hydrogen) atoms. The van der Waals surface area contributed by atoms with Crippen LogP contribution in [0.3, 0.4) is 0 Å². The summed E-state index contributed by atoms with van der Waals surface area (Å²) in [5, 5.41) is 5.37. The van der Waals surface area contributed by atoms with Gasteiger partial charge in [0, 0.05) is 74.8 Å². The van der Waals surface area contributed by atoms with Crippen molar-refractivity contribution >= 4 is 40.5 Å². The van der Waals surface area contributed by atoms with Crippen LogP contribution >= 0.6 is 0 Å². The van der Waals surface area contributed by atoms with Crippen molar-refractivity contribution in [2.45, 2.75) is 111 Å². The number of amides is 4. The molecule has 2 aromatic heterocycles. The third-order valence-corrected chi connectivity index (χ3v) is 13.6. The molecule has 4 amide bonds. The Kier molecular flexibility index (Phi) is 15.0. The number of aryl methyl sites for hydroxylation is 1. The van der Waals surface area contributed by atoms with E-state index in [2.05, 4.69) is 60.9 Å². The molecule has 2 saturated heterocycles. The van der Waals surface area contributed by atoms with Crippen LogP contribution in [-0.2, 0) is 59.5 Å². The van der Waals surface area contributed by atoms with E-state index in [1.165, 1.54) is 16.0 Å². The summed E-state index contributed by atoms with van der Waals surface area (Å²) in [6.45, 7) is 16.3. The van der Waals surface area contributed by atoms with Gasteiger partial charge in [-0.25, -0.2) is 9.82 Å². The Bertz CT molecular complexity index is 2540. The van der Waals surface area contributed by atoms with Crippen LogP contribution in [-0.4, -0.2) is 112 Å². The molecule has 358 valence electrons. The molecule has 7 rings (SSSR count). The van der Waals surface area contributed by atoms with Gasteiger partial charge in [-0.2, -0.15) is 0 Å². The first-order chi connectivity index (χ1) is 32.0. The van der Waals surface area contributed by atoms with E-state index in [1.807, 2.05) is 45.0 Å². The van der Waals surface area contributed by atoms with Crippen molar-refractivity contribution in [1.29, 1.82) is 0 Å². The predicted molar refractivity (Wildman–Crippen MR) is 255 cm³/mol. The van der Waals surface area contributed by atoms with Gasteiger partial charge in [-0.1, -0.05) is 52.5 Å². The number of nitrogens with zero attached hydrogens (tertiary/aromatic N) is 5. The normalized spacial score (nSPS) is 20.8. The topological polar surface area (TPSA) is 155 Å². The molecule has 4 aromatic rings. The van der Waals surface area contributed by atoms with Crippen molar-refractivity contribution in [3.05, 3.63) is 89.8 Å². The number of hydrogen-bond donors (Lipinski definition) is 2. The van der Waals surface area contributed by atoms with E-state index >= 15 is 0 Å². The number of rotatable bonds is 11. The second-order valence-corrected chi connectivity index (χ2v) is 19.4. The fourth-order valence-electron chi connectivity index (χ4n) is 10.1. The zero-order chi connectivity index (χ0) is 48.3. The van der Waals surface area contributed by atoms with E-state index in [1.54, 1.807) is 31.3 Å². The molecule has 5 heterocycles. The maximum Gasteiger partial charge on any atom is 0.324 e. The van der Waals surface area contributed by atoms with Crippen molar-refractivity contribution in [3.8, 4) is 22.4 Å². The molecular weight excluding hydrogens is 854 g/mol. The summed E-state index contributed by atoms with van der Waals surface area (Å²) in [6.07, 6.45) is 4.60. The van der Waals surface area contributed by atoms with Gasteiger partial charge >= 0.3 is 5.97 Å². The molecule has 3 aliphatic heterocycles. The molecule has 2 N–H and O–H groups in total. The van der Waals surface area contributed by atoms with Gasteiger partial charge in [-0.15, -0.1) is 0 Å².